The Morgan fingerprint density at radius 3 is 2.31 bits per heavy atom. The first-order valence-electron chi connectivity index (χ1n) is 9.04. The van der Waals surface area contributed by atoms with Crippen LogP contribution in [0.4, 0.5) is 0 Å². The second-order valence-electron chi connectivity index (χ2n) is 8.06. The van der Waals surface area contributed by atoms with Crippen molar-refractivity contribution in [3.63, 3.8) is 0 Å². The molecule has 5 nitrogen and oxygen atoms in total. The lowest BCUT2D eigenvalue weighted by atomic mass is 9.67. The average Bonchev–Trinajstić information content (AvgIpc) is 2.89. The van der Waals surface area contributed by atoms with Crippen LogP contribution in [0.3, 0.4) is 0 Å². The second-order valence-corrected chi connectivity index (χ2v) is 10.6. The average molecular weight is 400 g/mol. The predicted octanol–water partition coefficient (Wildman–Crippen LogP) is 4.76. The molecule has 26 heavy (non-hydrogen) atoms. The van der Waals surface area contributed by atoms with Crippen molar-refractivity contribution in [2.75, 3.05) is 13.2 Å². The minimum Gasteiger partial charge on any atom is -0.439 e. The molecular formula is C19H26ClNO4S. The van der Waals surface area contributed by atoms with Gasteiger partial charge in [-0.2, -0.15) is 0 Å². The SMILES string of the molecule is CC.CC(C)(C)c1nc2ccc(Cl)c(S(=O)(=O)C3CC4(COC4)C3)c2o1. The molecule has 1 aromatic carbocycles. The Balaban J connectivity index is 0.000000948. The fraction of sp³-hybridized carbons (Fsp3) is 0.632. The Morgan fingerprint density at radius 1 is 1.19 bits per heavy atom. The zero-order chi connectivity index (χ0) is 19.3. The highest BCUT2D eigenvalue weighted by molar-refractivity contribution is 7.92. The first-order chi connectivity index (χ1) is 12.1. The molecule has 0 amide bonds. The van der Waals surface area contributed by atoms with Crippen LogP contribution in [-0.2, 0) is 20.0 Å². The Kier molecular flexibility index (Phi) is 4.91. The lowest BCUT2D eigenvalue weighted by Crippen LogP contribution is -2.56. The van der Waals surface area contributed by atoms with Gasteiger partial charge in [-0.15, -0.1) is 0 Å². The van der Waals surface area contributed by atoms with Crippen molar-refractivity contribution in [1.29, 1.82) is 0 Å². The van der Waals surface area contributed by atoms with E-state index >= 15 is 0 Å². The van der Waals surface area contributed by atoms with Crippen LogP contribution >= 0.6 is 11.6 Å². The van der Waals surface area contributed by atoms with Crippen LogP contribution in [0.1, 0.15) is 53.4 Å². The Morgan fingerprint density at radius 2 is 1.81 bits per heavy atom. The lowest BCUT2D eigenvalue weighted by Gasteiger charge is -2.52. The summed E-state index contributed by atoms with van der Waals surface area (Å²) in [5.74, 6) is 0.508. The number of hydrogen-bond donors (Lipinski definition) is 0. The van der Waals surface area contributed by atoms with Crippen LogP contribution in [0.25, 0.3) is 11.1 Å². The summed E-state index contributed by atoms with van der Waals surface area (Å²) in [7, 11) is -3.56. The van der Waals surface area contributed by atoms with Gasteiger partial charge in [0, 0.05) is 10.8 Å². The van der Waals surface area contributed by atoms with Gasteiger partial charge in [0.05, 0.1) is 23.5 Å². The van der Waals surface area contributed by atoms with Crippen molar-refractivity contribution in [2.24, 2.45) is 5.41 Å². The lowest BCUT2D eigenvalue weighted by molar-refractivity contribution is -0.153. The van der Waals surface area contributed by atoms with Crippen molar-refractivity contribution in [2.45, 2.75) is 63.0 Å². The van der Waals surface area contributed by atoms with Crippen molar-refractivity contribution in [3.8, 4) is 0 Å². The molecule has 0 bridgehead atoms. The van der Waals surface area contributed by atoms with Crippen molar-refractivity contribution < 1.29 is 17.6 Å². The van der Waals surface area contributed by atoms with Gasteiger partial charge in [0.2, 0.25) is 5.89 Å². The summed E-state index contributed by atoms with van der Waals surface area (Å²) in [5, 5.41) is -0.224. The molecule has 1 spiro atoms. The number of rotatable bonds is 2. The predicted molar refractivity (Wildman–Crippen MR) is 103 cm³/mol. The van der Waals surface area contributed by atoms with E-state index in [-0.39, 0.29) is 26.3 Å². The highest BCUT2D eigenvalue weighted by Gasteiger charge is 2.55. The fourth-order valence-electron chi connectivity index (χ4n) is 3.45. The van der Waals surface area contributed by atoms with E-state index in [1.54, 1.807) is 12.1 Å². The number of benzene rings is 1. The number of sulfone groups is 1. The number of oxazole rings is 1. The van der Waals surface area contributed by atoms with Crippen LogP contribution in [0.5, 0.6) is 0 Å². The third-order valence-electron chi connectivity index (χ3n) is 4.97. The van der Waals surface area contributed by atoms with Gasteiger partial charge in [-0.05, 0) is 25.0 Å². The number of aromatic nitrogens is 1. The first-order valence-corrected chi connectivity index (χ1v) is 11.0. The van der Waals surface area contributed by atoms with Crippen LogP contribution in [0, 0.1) is 5.41 Å². The summed E-state index contributed by atoms with van der Waals surface area (Å²) >= 11 is 6.26. The maximum atomic E-state index is 13.1. The highest BCUT2D eigenvalue weighted by Crippen LogP contribution is 2.52. The molecule has 1 aliphatic heterocycles. The van der Waals surface area contributed by atoms with Gasteiger partial charge < -0.3 is 9.15 Å². The third kappa shape index (κ3) is 3.06. The van der Waals surface area contributed by atoms with Gasteiger partial charge in [0.15, 0.2) is 15.4 Å². The zero-order valence-corrected chi connectivity index (χ0v) is 17.5. The number of hydrogen-bond acceptors (Lipinski definition) is 5. The van der Waals surface area contributed by atoms with Crippen LogP contribution in [0.2, 0.25) is 5.02 Å². The molecule has 1 saturated heterocycles. The van der Waals surface area contributed by atoms with Crippen LogP contribution < -0.4 is 0 Å². The summed E-state index contributed by atoms with van der Waals surface area (Å²) in [5.41, 5.74) is 0.564. The number of fused-ring (bicyclic) bond motifs is 1. The van der Waals surface area contributed by atoms with Gasteiger partial charge in [0.25, 0.3) is 0 Å². The molecule has 1 saturated carbocycles. The van der Waals surface area contributed by atoms with Gasteiger partial charge in [0.1, 0.15) is 10.4 Å². The molecule has 4 rings (SSSR count). The fourth-order valence-corrected chi connectivity index (χ4v) is 6.14. The van der Waals surface area contributed by atoms with Crippen molar-refractivity contribution >= 4 is 32.5 Å². The monoisotopic (exact) mass is 399 g/mol. The van der Waals surface area contributed by atoms with Crippen molar-refractivity contribution in [1.82, 2.24) is 4.98 Å². The van der Waals surface area contributed by atoms with Gasteiger partial charge in [-0.3, -0.25) is 0 Å². The maximum absolute atomic E-state index is 13.1. The van der Waals surface area contributed by atoms with E-state index in [1.807, 2.05) is 34.6 Å². The Bertz CT molecular complexity index is 915. The molecule has 0 N–H and O–H groups in total. The number of halogens is 1. The summed E-state index contributed by atoms with van der Waals surface area (Å²) in [6, 6.07) is 3.30. The van der Waals surface area contributed by atoms with E-state index < -0.39 is 15.1 Å². The standard InChI is InChI=1S/C17H20ClNO4S.C2H6/c1-16(2,3)15-19-12-5-4-11(18)14(13(12)23-15)24(20,21)10-6-17(7-10)8-22-9-17;1-2/h4-5,10H,6-9H2,1-3H3;1-2H3. The number of ether oxygens (including phenoxy) is 1. The van der Waals surface area contributed by atoms with Crippen molar-refractivity contribution in [3.05, 3.63) is 23.0 Å². The van der Waals surface area contributed by atoms with Crippen LogP contribution in [-0.4, -0.2) is 31.9 Å². The minimum atomic E-state index is -3.56. The van der Waals surface area contributed by atoms with E-state index in [4.69, 9.17) is 20.8 Å². The first kappa shape index (κ1) is 19.6. The van der Waals surface area contributed by atoms with E-state index in [2.05, 4.69) is 4.98 Å². The van der Waals surface area contributed by atoms with Gasteiger partial charge >= 0.3 is 0 Å². The maximum Gasteiger partial charge on any atom is 0.200 e. The molecule has 0 atom stereocenters. The Labute approximate surface area is 160 Å². The molecular weight excluding hydrogens is 374 g/mol. The van der Waals surface area contributed by atoms with E-state index in [0.29, 0.717) is 37.5 Å². The second kappa shape index (κ2) is 6.50. The molecule has 1 aromatic heterocycles. The molecule has 144 valence electrons. The quantitative estimate of drug-likeness (QED) is 0.728. The molecule has 2 aliphatic rings. The van der Waals surface area contributed by atoms with Gasteiger partial charge in [-0.1, -0.05) is 46.2 Å². The molecule has 2 aromatic rings. The summed E-state index contributed by atoms with van der Waals surface area (Å²) in [6.07, 6.45) is 1.25. The third-order valence-corrected chi connectivity index (χ3v) is 7.58. The van der Waals surface area contributed by atoms with E-state index in [0.717, 1.165) is 0 Å². The minimum absolute atomic E-state index is 0.0656. The Hall–Kier alpha value is -1.11. The molecule has 0 radical (unpaired) electrons. The summed E-state index contributed by atoms with van der Waals surface area (Å²) in [4.78, 5) is 4.54. The molecule has 7 heteroatoms. The summed E-state index contributed by atoms with van der Waals surface area (Å²) < 4.78 is 37.3. The van der Waals surface area contributed by atoms with Crippen LogP contribution in [0.15, 0.2) is 21.4 Å². The number of nitrogens with zero attached hydrogens (tertiary/aromatic N) is 1. The smallest absolute Gasteiger partial charge is 0.200 e. The molecule has 0 unspecified atom stereocenters. The highest BCUT2D eigenvalue weighted by atomic mass is 35.5. The van der Waals surface area contributed by atoms with E-state index in [9.17, 15) is 8.42 Å². The molecule has 2 heterocycles. The molecule has 2 fully saturated rings. The molecule has 1 aliphatic carbocycles. The normalized spacial score (nSPS) is 19.6. The van der Waals surface area contributed by atoms with E-state index in [1.165, 1.54) is 0 Å². The summed E-state index contributed by atoms with van der Waals surface area (Å²) in [6.45, 7) is 11.2. The largest absolute Gasteiger partial charge is 0.439 e. The zero-order valence-electron chi connectivity index (χ0n) is 15.9. The van der Waals surface area contributed by atoms with Gasteiger partial charge in [-0.25, -0.2) is 13.4 Å². The topological polar surface area (TPSA) is 69.4 Å².